The van der Waals surface area contributed by atoms with Crippen LogP contribution in [0.1, 0.15) is 46.1 Å². The number of hydrogen-bond donors (Lipinski definition) is 0. The molecule has 1 unspecified atom stereocenters. The first-order chi connectivity index (χ1) is 8.63. The lowest BCUT2D eigenvalue weighted by molar-refractivity contribution is 0.0734. The first kappa shape index (κ1) is 14.0. The van der Waals surface area contributed by atoms with Crippen LogP contribution in [0.25, 0.3) is 0 Å². The van der Waals surface area contributed by atoms with E-state index in [0.29, 0.717) is 6.04 Å². The third kappa shape index (κ3) is 2.94. The first-order valence-electron chi connectivity index (χ1n) is 6.44. The van der Waals surface area contributed by atoms with Crippen LogP contribution in [0.15, 0.2) is 0 Å². The SMILES string of the molecule is Cc1nc(C)c(C(=O)N2CCCC2CCCBr)s1. The standard InChI is InChI=1S/C13H19BrN2OS/c1-9-12(18-10(2)15-9)13(17)16-8-4-6-11(16)5-3-7-14/h11H,3-8H2,1-2H3. The van der Waals surface area contributed by atoms with Gasteiger partial charge in [-0.1, -0.05) is 15.9 Å². The number of hydrogen-bond acceptors (Lipinski definition) is 3. The van der Waals surface area contributed by atoms with Crippen LogP contribution in [0.2, 0.25) is 0 Å². The number of rotatable bonds is 4. The number of nitrogens with zero attached hydrogens (tertiary/aromatic N) is 2. The number of amides is 1. The topological polar surface area (TPSA) is 33.2 Å². The molecule has 2 rings (SSSR count). The van der Waals surface area contributed by atoms with Crippen molar-refractivity contribution in [3.05, 3.63) is 15.6 Å². The number of halogens is 1. The van der Waals surface area contributed by atoms with Crippen LogP contribution in [0, 0.1) is 13.8 Å². The molecule has 1 fully saturated rings. The van der Waals surface area contributed by atoms with Gasteiger partial charge in [0.1, 0.15) is 4.88 Å². The Bertz CT molecular complexity index is 433. The second kappa shape index (κ2) is 6.15. The van der Waals surface area contributed by atoms with Crippen LogP contribution < -0.4 is 0 Å². The Morgan fingerprint density at radius 1 is 1.56 bits per heavy atom. The molecule has 18 heavy (non-hydrogen) atoms. The van der Waals surface area contributed by atoms with Crippen molar-refractivity contribution in [1.82, 2.24) is 9.88 Å². The van der Waals surface area contributed by atoms with Gasteiger partial charge in [0.15, 0.2) is 0 Å². The van der Waals surface area contributed by atoms with Crippen molar-refractivity contribution < 1.29 is 4.79 Å². The van der Waals surface area contributed by atoms with E-state index in [1.165, 1.54) is 11.3 Å². The fourth-order valence-corrected chi connectivity index (χ4v) is 3.78. The number of thiazole rings is 1. The normalized spacial score (nSPS) is 19.5. The number of aryl methyl sites for hydroxylation is 2. The lowest BCUT2D eigenvalue weighted by atomic mass is 10.1. The molecule has 5 heteroatoms. The second-order valence-electron chi connectivity index (χ2n) is 4.77. The summed E-state index contributed by atoms with van der Waals surface area (Å²) in [6.07, 6.45) is 4.52. The van der Waals surface area contributed by atoms with E-state index in [0.717, 1.165) is 53.1 Å². The number of aromatic nitrogens is 1. The minimum atomic E-state index is 0.190. The zero-order valence-corrected chi connectivity index (χ0v) is 13.3. The smallest absolute Gasteiger partial charge is 0.266 e. The predicted molar refractivity (Wildman–Crippen MR) is 78.7 cm³/mol. The molecular weight excluding hydrogens is 312 g/mol. The van der Waals surface area contributed by atoms with Gasteiger partial charge in [-0.05, 0) is 39.5 Å². The van der Waals surface area contributed by atoms with E-state index in [9.17, 15) is 4.79 Å². The molecule has 0 aliphatic carbocycles. The lowest BCUT2D eigenvalue weighted by Gasteiger charge is -2.24. The Balaban J connectivity index is 2.10. The molecule has 1 aromatic heterocycles. The van der Waals surface area contributed by atoms with E-state index in [1.54, 1.807) is 0 Å². The average Bonchev–Trinajstić information content (AvgIpc) is 2.92. The summed E-state index contributed by atoms with van der Waals surface area (Å²) in [5.74, 6) is 0.190. The fourth-order valence-electron chi connectivity index (χ4n) is 2.58. The first-order valence-corrected chi connectivity index (χ1v) is 8.38. The van der Waals surface area contributed by atoms with Gasteiger partial charge in [0, 0.05) is 17.9 Å². The van der Waals surface area contributed by atoms with E-state index < -0.39 is 0 Å². The Labute approximate surface area is 121 Å². The van der Waals surface area contributed by atoms with Crippen molar-refractivity contribution in [3.63, 3.8) is 0 Å². The molecule has 0 bridgehead atoms. The zero-order valence-electron chi connectivity index (χ0n) is 10.9. The van der Waals surface area contributed by atoms with Gasteiger partial charge in [-0.3, -0.25) is 4.79 Å². The second-order valence-corrected chi connectivity index (χ2v) is 6.77. The summed E-state index contributed by atoms with van der Waals surface area (Å²) in [5.41, 5.74) is 0.883. The summed E-state index contributed by atoms with van der Waals surface area (Å²) in [6.45, 7) is 4.79. The molecular formula is C13H19BrN2OS. The summed E-state index contributed by atoms with van der Waals surface area (Å²) in [7, 11) is 0. The molecule has 0 radical (unpaired) electrons. The maximum atomic E-state index is 12.5. The number of carbonyl (C=O) groups is 1. The molecule has 0 saturated carbocycles. The molecule has 1 aliphatic heterocycles. The van der Waals surface area contributed by atoms with Crippen molar-refractivity contribution in [1.29, 1.82) is 0 Å². The van der Waals surface area contributed by atoms with Crippen molar-refractivity contribution in [2.45, 2.75) is 45.6 Å². The van der Waals surface area contributed by atoms with Crippen LogP contribution in [-0.2, 0) is 0 Å². The summed E-state index contributed by atoms with van der Waals surface area (Å²) in [4.78, 5) is 19.8. The van der Waals surface area contributed by atoms with Crippen LogP contribution in [0.3, 0.4) is 0 Å². The summed E-state index contributed by atoms with van der Waals surface area (Å²) < 4.78 is 0. The summed E-state index contributed by atoms with van der Waals surface area (Å²) in [6, 6.07) is 0.428. The number of likely N-dealkylation sites (tertiary alicyclic amines) is 1. The van der Waals surface area contributed by atoms with Crippen molar-refractivity contribution >= 4 is 33.2 Å². The van der Waals surface area contributed by atoms with E-state index in [4.69, 9.17) is 0 Å². The summed E-state index contributed by atoms with van der Waals surface area (Å²) >= 11 is 4.99. The van der Waals surface area contributed by atoms with Gasteiger partial charge in [0.05, 0.1) is 10.7 Å². The highest BCUT2D eigenvalue weighted by Gasteiger charge is 2.30. The average molecular weight is 331 g/mol. The molecule has 100 valence electrons. The molecule has 0 N–H and O–H groups in total. The van der Waals surface area contributed by atoms with Gasteiger partial charge in [0.2, 0.25) is 0 Å². The molecule has 0 aromatic carbocycles. The Hall–Kier alpha value is -0.420. The predicted octanol–water partition coefficient (Wildman–Crippen LogP) is 3.54. The summed E-state index contributed by atoms with van der Waals surface area (Å²) in [5, 5.41) is 2.00. The van der Waals surface area contributed by atoms with E-state index in [-0.39, 0.29) is 5.91 Å². The monoisotopic (exact) mass is 330 g/mol. The Morgan fingerprint density at radius 2 is 2.33 bits per heavy atom. The molecule has 1 atom stereocenters. The largest absolute Gasteiger partial charge is 0.335 e. The van der Waals surface area contributed by atoms with Crippen LogP contribution in [0.4, 0.5) is 0 Å². The minimum Gasteiger partial charge on any atom is -0.335 e. The lowest BCUT2D eigenvalue weighted by Crippen LogP contribution is -2.35. The van der Waals surface area contributed by atoms with Crippen LogP contribution in [0.5, 0.6) is 0 Å². The molecule has 1 aliphatic rings. The molecule has 1 amide bonds. The molecule has 1 aromatic rings. The van der Waals surface area contributed by atoms with E-state index >= 15 is 0 Å². The van der Waals surface area contributed by atoms with Crippen LogP contribution >= 0.6 is 27.3 Å². The highest BCUT2D eigenvalue weighted by molar-refractivity contribution is 9.09. The van der Waals surface area contributed by atoms with Gasteiger partial charge in [-0.25, -0.2) is 4.98 Å². The van der Waals surface area contributed by atoms with Gasteiger partial charge < -0.3 is 4.90 Å². The maximum absolute atomic E-state index is 12.5. The third-order valence-electron chi connectivity index (χ3n) is 3.41. The zero-order chi connectivity index (χ0) is 13.1. The fraction of sp³-hybridized carbons (Fsp3) is 0.692. The van der Waals surface area contributed by atoms with Crippen molar-refractivity contribution in [3.8, 4) is 0 Å². The Morgan fingerprint density at radius 3 is 2.94 bits per heavy atom. The Kier molecular flexibility index (Phi) is 4.78. The van der Waals surface area contributed by atoms with Gasteiger partial charge >= 0.3 is 0 Å². The molecule has 3 nitrogen and oxygen atoms in total. The van der Waals surface area contributed by atoms with E-state index in [1.807, 2.05) is 13.8 Å². The number of alkyl halides is 1. The van der Waals surface area contributed by atoms with Crippen molar-refractivity contribution in [2.75, 3.05) is 11.9 Å². The minimum absolute atomic E-state index is 0.190. The molecule has 0 spiro atoms. The highest BCUT2D eigenvalue weighted by Crippen LogP contribution is 2.27. The van der Waals surface area contributed by atoms with Gasteiger partial charge in [-0.15, -0.1) is 11.3 Å². The molecule has 1 saturated heterocycles. The highest BCUT2D eigenvalue weighted by atomic mass is 79.9. The van der Waals surface area contributed by atoms with E-state index in [2.05, 4.69) is 25.8 Å². The molecule has 2 heterocycles. The number of carbonyl (C=O) groups excluding carboxylic acids is 1. The maximum Gasteiger partial charge on any atom is 0.266 e. The van der Waals surface area contributed by atoms with Crippen molar-refractivity contribution in [2.24, 2.45) is 0 Å². The van der Waals surface area contributed by atoms with Crippen LogP contribution in [-0.4, -0.2) is 33.7 Å². The third-order valence-corrected chi connectivity index (χ3v) is 5.03. The van der Waals surface area contributed by atoms with Gasteiger partial charge in [-0.2, -0.15) is 0 Å². The van der Waals surface area contributed by atoms with Gasteiger partial charge in [0.25, 0.3) is 5.91 Å². The quantitative estimate of drug-likeness (QED) is 0.791.